The summed E-state index contributed by atoms with van der Waals surface area (Å²) in [6.07, 6.45) is 1.68. The zero-order valence-electron chi connectivity index (χ0n) is 17.0. The van der Waals surface area contributed by atoms with Crippen molar-refractivity contribution in [2.75, 3.05) is 7.11 Å². The van der Waals surface area contributed by atoms with Crippen LogP contribution in [0.25, 0.3) is 6.08 Å². The number of carbonyl (C=O) groups is 2. The number of halogens is 1. The third-order valence-electron chi connectivity index (χ3n) is 4.87. The molecule has 0 saturated heterocycles. The lowest BCUT2D eigenvalue weighted by Gasteiger charge is -2.09. The highest BCUT2D eigenvalue weighted by molar-refractivity contribution is 6.30. The number of benzene rings is 3. The molecule has 156 valence electrons. The molecule has 0 bridgehead atoms. The minimum Gasteiger partial charge on any atom is -0.489 e. The Labute approximate surface area is 184 Å². The maximum atomic E-state index is 12.8. The quantitative estimate of drug-likeness (QED) is 0.384. The fourth-order valence-electron chi connectivity index (χ4n) is 3.33. The lowest BCUT2D eigenvalue weighted by Crippen LogP contribution is -2.02. The number of hydrogen-bond acceptors (Lipinski definition) is 5. The maximum absolute atomic E-state index is 12.8. The Morgan fingerprint density at radius 2 is 1.87 bits per heavy atom. The van der Waals surface area contributed by atoms with Crippen LogP contribution in [0.2, 0.25) is 5.02 Å². The molecule has 0 amide bonds. The van der Waals surface area contributed by atoms with E-state index in [0.29, 0.717) is 34.3 Å². The maximum Gasteiger partial charge on any atom is 0.337 e. The van der Waals surface area contributed by atoms with Crippen molar-refractivity contribution in [3.63, 3.8) is 0 Å². The molecule has 1 aliphatic rings. The van der Waals surface area contributed by atoms with Gasteiger partial charge in [0, 0.05) is 11.1 Å². The highest BCUT2D eigenvalue weighted by Gasteiger charge is 2.30. The molecule has 5 nitrogen and oxygen atoms in total. The number of fused-ring (bicyclic) bond motifs is 1. The minimum absolute atomic E-state index is 0.169. The van der Waals surface area contributed by atoms with Crippen LogP contribution in [0.3, 0.4) is 0 Å². The van der Waals surface area contributed by atoms with Gasteiger partial charge >= 0.3 is 5.97 Å². The molecule has 0 radical (unpaired) electrons. The number of rotatable bonds is 5. The van der Waals surface area contributed by atoms with Gasteiger partial charge < -0.3 is 14.2 Å². The zero-order chi connectivity index (χ0) is 22.0. The average Bonchev–Trinajstić information content (AvgIpc) is 3.07. The molecule has 0 aliphatic carbocycles. The minimum atomic E-state index is -0.384. The molecule has 0 atom stereocenters. The Kier molecular flexibility index (Phi) is 5.78. The molecule has 0 saturated carbocycles. The molecule has 0 N–H and O–H groups in total. The highest BCUT2D eigenvalue weighted by Crippen LogP contribution is 2.37. The SMILES string of the molecule is COC(=O)c1ccc(COc2cc(C)c3c(c2)O/C(=C\c2cccc(Cl)c2)C3=O)cc1. The molecule has 0 spiro atoms. The first kappa shape index (κ1) is 20.7. The van der Waals surface area contributed by atoms with Crippen molar-refractivity contribution in [3.8, 4) is 11.5 Å². The monoisotopic (exact) mass is 434 g/mol. The van der Waals surface area contributed by atoms with Crippen LogP contribution in [-0.2, 0) is 11.3 Å². The molecular formula is C25H19ClO5. The van der Waals surface area contributed by atoms with Crippen LogP contribution < -0.4 is 9.47 Å². The molecule has 3 aromatic rings. The number of ketones is 1. The van der Waals surface area contributed by atoms with E-state index in [2.05, 4.69) is 0 Å². The zero-order valence-corrected chi connectivity index (χ0v) is 17.7. The molecule has 1 heterocycles. The number of Topliss-reactive ketones (excluding diaryl/α,β-unsaturated/α-hetero) is 1. The van der Waals surface area contributed by atoms with Crippen molar-refractivity contribution in [2.45, 2.75) is 13.5 Å². The van der Waals surface area contributed by atoms with Crippen LogP contribution >= 0.6 is 11.6 Å². The highest BCUT2D eigenvalue weighted by atomic mass is 35.5. The van der Waals surface area contributed by atoms with Crippen LogP contribution in [0.5, 0.6) is 11.5 Å². The second kappa shape index (κ2) is 8.66. The standard InChI is InChI=1S/C25H19ClO5/c1-15-10-20(30-14-16-6-8-18(9-7-16)25(28)29-2)13-21-23(15)24(27)22(31-21)12-17-4-3-5-19(26)11-17/h3-13H,14H2,1-2H3/b22-12-. The van der Waals surface area contributed by atoms with Crippen molar-refractivity contribution < 1.29 is 23.8 Å². The second-order valence-electron chi connectivity index (χ2n) is 7.09. The van der Waals surface area contributed by atoms with Gasteiger partial charge in [0.1, 0.15) is 18.1 Å². The second-order valence-corrected chi connectivity index (χ2v) is 7.52. The summed E-state index contributed by atoms with van der Waals surface area (Å²) in [6, 6.07) is 17.7. The van der Waals surface area contributed by atoms with Gasteiger partial charge in [0.2, 0.25) is 5.78 Å². The molecule has 0 fully saturated rings. The Morgan fingerprint density at radius 1 is 1.10 bits per heavy atom. The van der Waals surface area contributed by atoms with Crippen molar-refractivity contribution in [1.29, 1.82) is 0 Å². The van der Waals surface area contributed by atoms with Gasteiger partial charge in [-0.2, -0.15) is 0 Å². The topological polar surface area (TPSA) is 61.8 Å². The summed E-state index contributed by atoms with van der Waals surface area (Å²) in [6.45, 7) is 2.15. The first-order valence-electron chi connectivity index (χ1n) is 9.59. The number of methoxy groups -OCH3 is 1. The summed E-state index contributed by atoms with van der Waals surface area (Å²) in [5, 5.41) is 0.587. The van der Waals surface area contributed by atoms with Gasteiger partial charge in [-0.05, 0) is 60.0 Å². The third kappa shape index (κ3) is 4.47. The normalized spacial score (nSPS) is 13.6. The van der Waals surface area contributed by atoms with E-state index in [4.69, 9.17) is 25.8 Å². The fourth-order valence-corrected chi connectivity index (χ4v) is 3.53. The van der Waals surface area contributed by atoms with Crippen LogP contribution in [0.15, 0.2) is 66.4 Å². The number of esters is 1. The summed E-state index contributed by atoms with van der Waals surface area (Å²) >= 11 is 6.02. The van der Waals surface area contributed by atoms with E-state index in [1.165, 1.54) is 7.11 Å². The largest absolute Gasteiger partial charge is 0.489 e. The lowest BCUT2D eigenvalue weighted by atomic mass is 10.0. The molecule has 6 heteroatoms. The predicted molar refractivity (Wildman–Crippen MR) is 118 cm³/mol. The van der Waals surface area contributed by atoms with E-state index in [9.17, 15) is 9.59 Å². The molecule has 31 heavy (non-hydrogen) atoms. The molecule has 0 aromatic heterocycles. The van der Waals surface area contributed by atoms with E-state index >= 15 is 0 Å². The number of allylic oxidation sites excluding steroid dienone is 1. The van der Waals surface area contributed by atoms with Gasteiger partial charge in [-0.25, -0.2) is 4.79 Å². The Balaban J connectivity index is 1.51. The van der Waals surface area contributed by atoms with Crippen molar-refractivity contribution >= 4 is 29.4 Å². The van der Waals surface area contributed by atoms with Crippen molar-refractivity contribution in [1.82, 2.24) is 0 Å². The molecular weight excluding hydrogens is 416 g/mol. The van der Waals surface area contributed by atoms with Crippen LogP contribution in [0.4, 0.5) is 0 Å². The fraction of sp³-hybridized carbons (Fsp3) is 0.120. The summed E-state index contributed by atoms with van der Waals surface area (Å²) in [5.74, 6) is 0.748. The lowest BCUT2D eigenvalue weighted by molar-refractivity contribution is 0.0600. The average molecular weight is 435 g/mol. The van der Waals surface area contributed by atoms with Gasteiger partial charge in [0.05, 0.1) is 18.2 Å². The van der Waals surface area contributed by atoms with E-state index in [1.54, 1.807) is 48.5 Å². The Morgan fingerprint density at radius 3 is 2.58 bits per heavy atom. The predicted octanol–water partition coefficient (Wildman–Crippen LogP) is 5.63. The number of ether oxygens (including phenoxy) is 3. The van der Waals surface area contributed by atoms with Crippen LogP contribution in [0, 0.1) is 6.92 Å². The third-order valence-corrected chi connectivity index (χ3v) is 5.11. The summed E-state index contributed by atoms with van der Waals surface area (Å²) in [4.78, 5) is 24.3. The van der Waals surface area contributed by atoms with E-state index in [1.807, 2.05) is 25.1 Å². The van der Waals surface area contributed by atoms with Gasteiger partial charge in [0.15, 0.2) is 5.76 Å². The van der Waals surface area contributed by atoms with Gasteiger partial charge in [-0.1, -0.05) is 35.9 Å². The van der Waals surface area contributed by atoms with Crippen LogP contribution in [-0.4, -0.2) is 18.9 Å². The number of carbonyl (C=O) groups excluding carboxylic acids is 2. The Hall–Kier alpha value is -3.57. The van der Waals surface area contributed by atoms with Gasteiger partial charge in [0.25, 0.3) is 0 Å². The van der Waals surface area contributed by atoms with Gasteiger partial charge in [-0.15, -0.1) is 0 Å². The molecule has 4 rings (SSSR count). The first-order chi connectivity index (χ1) is 14.9. The Bertz CT molecular complexity index is 1200. The van der Waals surface area contributed by atoms with E-state index in [0.717, 1.165) is 16.7 Å². The molecule has 0 unspecified atom stereocenters. The first-order valence-corrected chi connectivity index (χ1v) is 9.97. The molecule has 1 aliphatic heterocycles. The summed E-state index contributed by atoms with van der Waals surface area (Å²) in [5.41, 5.74) is 3.46. The van der Waals surface area contributed by atoms with E-state index in [-0.39, 0.29) is 17.5 Å². The van der Waals surface area contributed by atoms with Gasteiger partial charge in [-0.3, -0.25) is 4.79 Å². The van der Waals surface area contributed by atoms with Crippen molar-refractivity contribution in [2.24, 2.45) is 0 Å². The van der Waals surface area contributed by atoms with Crippen molar-refractivity contribution in [3.05, 3.63) is 99.3 Å². The number of hydrogen-bond donors (Lipinski definition) is 0. The van der Waals surface area contributed by atoms with E-state index < -0.39 is 0 Å². The molecule has 3 aromatic carbocycles. The smallest absolute Gasteiger partial charge is 0.337 e. The number of aryl methyl sites for hydroxylation is 1. The summed E-state index contributed by atoms with van der Waals surface area (Å²) < 4.78 is 16.4. The van der Waals surface area contributed by atoms with Crippen LogP contribution in [0.1, 0.15) is 37.4 Å². The summed E-state index contributed by atoms with van der Waals surface area (Å²) in [7, 11) is 1.35.